The number of hydrogen-bond donors (Lipinski definition) is 0. The van der Waals surface area contributed by atoms with Crippen LogP contribution in [0.2, 0.25) is 0 Å². The highest BCUT2D eigenvalue weighted by atomic mass is 16.5. The fraction of sp³-hybridized carbons (Fsp3) is 0.500. The Kier molecular flexibility index (Phi) is 5.98. The number of nitrogens with zero attached hydrogens (tertiary/aromatic N) is 2. The molecule has 1 amide bonds. The molecule has 0 bridgehead atoms. The number of amides is 1. The van der Waals surface area contributed by atoms with Crippen LogP contribution in [0.25, 0.3) is 0 Å². The van der Waals surface area contributed by atoms with Gasteiger partial charge < -0.3 is 18.8 Å². The number of hydrogen-bond acceptors (Lipinski definition) is 5. The van der Waals surface area contributed by atoms with Gasteiger partial charge >= 0.3 is 0 Å². The summed E-state index contributed by atoms with van der Waals surface area (Å²) in [6.07, 6.45) is 3.71. The summed E-state index contributed by atoms with van der Waals surface area (Å²) in [7, 11) is 0. The smallest absolute Gasteiger partial charge is 0.257 e. The Morgan fingerprint density at radius 2 is 2.04 bits per heavy atom. The van der Waals surface area contributed by atoms with Crippen LogP contribution in [0.15, 0.2) is 41.0 Å². The Morgan fingerprint density at radius 1 is 1.25 bits per heavy atom. The topological polar surface area (TPSA) is 55.2 Å². The van der Waals surface area contributed by atoms with Gasteiger partial charge in [-0.1, -0.05) is 18.2 Å². The van der Waals surface area contributed by atoms with Crippen molar-refractivity contribution in [3.63, 3.8) is 0 Å². The molecule has 28 heavy (non-hydrogen) atoms. The van der Waals surface area contributed by atoms with E-state index in [0.717, 1.165) is 56.2 Å². The maximum absolute atomic E-state index is 13.2. The molecule has 0 spiro atoms. The van der Waals surface area contributed by atoms with E-state index in [2.05, 4.69) is 4.90 Å². The third-order valence-electron chi connectivity index (χ3n) is 5.25. The van der Waals surface area contributed by atoms with Crippen LogP contribution in [0.1, 0.15) is 41.4 Å². The van der Waals surface area contributed by atoms with Crippen molar-refractivity contribution in [1.29, 1.82) is 0 Å². The highest BCUT2D eigenvalue weighted by Crippen LogP contribution is 2.32. The van der Waals surface area contributed by atoms with Crippen LogP contribution >= 0.6 is 0 Å². The number of rotatable bonds is 8. The molecule has 0 N–H and O–H groups in total. The van der Waals surface area contributed by atoms with Gasteiger partial charge in [-0.05, 0) is 31.9 Å². The van der Waals surface area contributed by atoms with Crippen molar-refractivity contribution in [1.82, 2.24) is 9.80 Å². The van der Waals surface area contributed by atoms with Gasteiger partial charge in [0.25, 0.3) is 5.91 Å². The third kappa shape index (κ3) is 4.56. The summed E-state index contributed by atoms with van der Waals surface area (Å²) in [5.41, 5.74) is 1.67. The molecule has 0 radical (unpaired) electrons. The zero-order valence-corrected chi connectivity index (χ0v) is 16.4. The molecular weight excluding hydrogens is 356 g/mol. The molecule has 2 aromatic rings. The van der Waals surface area contributed by atoms with Gasteiger partial charge in [0.1, 0.15) is 17.8 Å². The van der Waals surface area contributed by atoms with E-state index in [1.807, 2.05) is 42.2 Å². The van der Waals surface area contributed by atoms with Gasteiger partial charge in [0, 0.05) is 31.2 Å². The van der Waals surface area contributed by atoms with Crippen molar-refractivity contribution >= 4 is 5.91 Å². The van der Waals surface area contributed by atoms with E-state index >= 15 is 0 Å². The lowest BCUT2D eigenvalue weighted by molar-refractivity contribution is 0.0313. The normalized spacial score (nSPS) is 17.5. The van der Waals surface area contributed by atoms with Crippen LogP contribution in [0, 0.1) is 0 Å². The molecule has 1 saturated carbocycles. The van der Waals surface area contributed by atoms with Crippen LogP contribution in [0.5, 0.6) is 5.75 Å². The van der Waals surface area contributed by atoms with Crippen LogP contribution in [0.3, 0.4) is 0 Å². The summed E-state index contributed by atoms with van der Waals surface area (Å²) in [5.74, 6) is 1.71. The second-order valence-electron chi connectivity index (χ2n) is 7.40. The average molecular weight is 384 g/mol. The minimum Gasteiger partial charge on any atom is -0.494 e. The average Bonchev–Trinajstić information content (AvgIpc) is 3.46. The first kappa shape index (κ1) is 19.0. The number of carbonyl (C=O) groups excluding carboxylic acids is 1. The van der Waals surface area contributed by atoms with Crippen LogP contribution in [0.4, 0.5) is 0 Å². The minimum atomic E-state index is 0.0331. The molecule has 1 aliphatic carbocycles. The van der Waals surface area contributed by atoms with Gasteiger partial charge in [-0.25, -0.2) is 0 Å². The molecule has 150 valence electrons. The predicted molar refractivity (Wildman–Crippen MR) is 105 cm³/mol. The second kappa shape index (κ2) is 8.80. The monoisotopic (exact) mass is 384 g/mol. The van der Waals surface area contributed by atoms with Gasteiger partial charge in [0.2, 0.25) is 0 Å². The van der Waals surface area contributed by atoms with Crippen LogP contribution in [-0.4, -0.2) is 54.7 Å². The molecule has 1 aromatic heterocycles. The van der Waals surface area contributed by atoms with Gasteiger partial charge in [0.15, 0.2) is 0 Å². The van der Waals surface area contributed by atoms with Crippen molar-refractivity contribution in [2.75, 3.05) is 32.9 Å². The fourth-order valence-electron chi connectivity index (χ4n) is 3.59. The molecule has 0 atom stereocenters. The summed E-state index contributed by atoms with van der Waals surface area (Å²) >= 11 is 0. The number of morpholine rings is 1. The maximum Gasteiger partial charge on any atom is 0.257 e. The van der Waals surface area contributed by atoms with Gasteiger partial charge in [-0.15, -0.1) is 0 Å². The first-order valence-electron chi connectivity index (χ1n) is 10.1. The molecule has 6 nitrogen and oxygen atoms in total. The standard InChI is InChI=1S/C22H28N2O4/c1-2-27-21-6-4-3-5-17(21)14-24(19-7-8-19)22(25)18-13-20(28-16-18)15-23-9-11-26-12-10-23/h3-6,13,16,19H,2,7-12,14-15H2,1H3. The summed E-state index contributed by atoms with van der Waals surface area (Å²) in [6, 6.07) is 10.2. The van der Waals surface area contributed by atoms with E-state index in [9.17, 15) is 4.79 Å². The zero-order chi connectivity index (χ0) is 19.3. The quantitative estimate of drug-likeness (QED) is 0.699. The molecule has 2 fully saturated rings. The van der Waals surface area contributed by atoms with Crippen LogP contribution < -0.4 is 4.74 Å². The van der Waals surface area contributed by atoms with Crippen LogP contribution in [-0.2, 0) is 17.8 Å². The number of ether oxygens (including phenoxy) is 2. The van der Waals surface area contributed by atoms with Crippen molar-refractivity contribution < 1.29 is 18.7 Å². The minimum absolute atomic E-state index is 0.0331. The fourth-order valence-corrected chi connectivity index (χ4v) is 3.59. The molecule has 1 saturated heterocycles. The molecule has 4 rings (SSSR count). The van der Waals surface area contributed by atoms with Crippen molar-refractivity contribution in [2.24, 2.45) is 0 Å². The Morgan fingerprint density at radius 3 is 2.79 bits per heavy atom. The van der Waals surface area contributed by atoms with E-state index < -0.39 is 0 Å². The summed E-state index contributed by atoms with van der Waals surface area (Å²) in [4.78, 5) is 17.4. The summed E-state index contributed by atoms with van der Waals surface area (Å²) in [6.45, 7) is 7.15. The van der Waals surface area contributed by atoms with E-state index in [0.29, 0.717) is 31.3 Å². The molecular formula is C22H28N2O4. The number of carbonyl (C=O) groups is 1. The maximum atomic E-state index is 13.2. The lowest BCUT2D eigenvalue weighted by atomic mass is 10.1. The zero-order valence-electron chi connectivity index (χ0n) is 16.4. The molecule has 2 heterocycles. The Hall–Kier alpha value is -2.31. The SMILES string of the molecule is CCOc1ccccc1CN(C(=O)c1coc(CN2CCOCC2)c1)C1CC1. The van der Waals surface area contributed by atoms with E-state index in [1.54, 1.807) is 6.26 Å². The number of benzene rings is 1. The Labute approximate surface area is 166 Å². The van der Waals surface area contributed by atoms with Gasteiger partial charge in [-0.3, -0.25) is 9.69 Å². The first-order valence-corrected chi connectivity index (χ1v) is 10.1. The Bertz CT molecular complexity index is 793. The van der Waals surface area contributed by atoms with Crippen molar-refractivity contribution in [2.45, 2.75) is 38.9 Å². The molecule has 2 aliphatic rings. The van der Waals surface area contributed by atoms with Gasteiger partial charge in [-0.2, -0.15) is 0 Å². The Balaban J connectivity index is 1.46. The van der Waals surface area contributed by atoms with Crippen molar-refractivity contribution in [3.05, 3.63) is 53.5 Å². The third-order valence-corrected chi connectivity index (χ3v) is 5.25. The molecule has 6 heteroatoms. The lowest BCUT2D eigenvalue weighted by Gasteiger charge is -2.25. The van der Waals surface area contributed by atoms with Gasteiger partial charge in [0.05, 0.1) is 31.9 Å². The highest BCUT2D eigenvalue weighted by Gasteiger charge is 2.34. The van der Waals surface area contributed by atoms with E-state index in [4.69, 9.17) is 13.9 Å². The summed E-state index contributed by atoms with van der Waals surface area (Å²) in [5, 5.41) is 0. The molecule has 1 aliphatic heterocycles. The second-order valence-corrected chi connectivity index (χ2v) is 7.40. The number of furan rings is 1. The highest BCUT2D eigenvalue weighted by molar-refractivity contribution is 5.94. The lowest BCUT2D eigenvalue weighted by Crippen LogP contribution is -2.35. The van der Waals surface area contributed by atoms with E-state index in [-0.39, 0.29) is 5.91 Å². The van der Waals surface area contributed by atoms with Crippen molar-refractivity contribution in [3.8, 4) is 5.75 Å². The van der Waals surface area contributed by atoms with E-state index in [1.165, 1.54) is 0 Å². The first-order chi connectivity index (χ1) is 13.7. The molecule has 1 aromatic carbocycles. The largest absolute Gasteiger partial charge is 0.494 e. The number of para-hydroxylation sites is 1. The molecule has 0 unspecified atom stereocenters. The predicted octanol–water partition coefficient (Wildman–Crippen LogP) is 3.32. The summed E-state index contributed by atoms with van der Waals surface area (Å²) < 4.78 is 16.8.